The molecule has 6 aromatic rings. The molecule has 5 heterocycles. The second kappa shape index (κ2) is 12.0. The minimum Gasteiger partial charge on any atom is -0.507 e. The van der Waals surface area contributed by atoms with Crippen molar-refractivity contribution in [2.45, 2.75) is 33.1 Å². The number of aromatic nitrogens is 3. The number of phenols is 2. The van der Waals surface area contributed by atoms with Crippen molar-refractivity contribution in [1.82, 2.24) is 15.0 Å². The summed E-state index contributed by atoms with van der Waals surface area (Å²) in [6, 6.07) is 33.8. The van der Waals surface area contributed by atoms with Gasteiger partial charge in [-0.2, -0.15) is 0 Å². The van der Waals surface area contributed by atoms with Gasteiger partial charge in [-0.1, -0.05) is 55.8 Å². The molecule has 0 fully saturated rings. The molecule has 6 heteroatoms. The number of pyridine rings is 2. The van der Waals surface area contributed by atoms with Crippen molar-refractivity contribution in [3.63, 3.8) is 0 Å². The molecule has 0 atom stereocenters. The predicted octanol–water partition coefficient (Wildman–Crippen LogP) is 9.67. The summed E-state index contributed by atoms with van der Waals surface area (Å²) in [6.45, 7) is 4.20. The van der Waals surface area contributed by atoms with Crippen molar-refractivity contribution in [2.24, 2.45) is 4.99 Å². The first-order valence-electron chi connectivity index (χ1n) is 16.4. The number of hydrogen-bond acceptors (Lipinski definition) is 5. The van der Waals surface area contributed by atoms with Crippen LogP contribution in [0.4, 0.5) is 0 Å². The smallest absolute Gasteiger partial charge is 0.134 e. The summed E-state index contributed by atoms with van der Waals surface area (Å²) in [7, 11) is 0. The highest BCUT2D eigenvalue weighted by Gasteiger charge is 2.23. The Morgan fingerprint density at radius 3 is 1.98 bits per heavy atom. The number of aromatic amines is 1. The zero-order chi connectivity index (χ0) is 32.8. The van der Waals surface area contributed by atoms with Gasteiger partial charge in [-0.3, -0.25) is 0 Å². The molecule has 0 radical (unpaired) electrons. The molecule has 3 N–H and O–H groups in total. The molecular weight excluding hydrogens is 592 g/mol. The summed E-state index contributed by atoms with van der Waals surface area (Å²) < 4.78 is 0. The molecule has 0 saturated carbocycles. The van der Waals surface area contributed by atoms with E-state index in [2.05, 4.69) is 36.2 Å². The molecule has 12 bridgehead atoms. The average molecular weight is 627 g/mol. The van der Waals surface area contributed by atoms with Crippen molar-refractivity contribution in [3.8, 4) is 56.7 Å². The van der Waals surface area contributed by atoms with E-state index in [1.807, 2.05) is 97.9 Å². The Bertz CT molecular complexity index is 2310. The summed E-state index contributed by atoms with van der Waals surface area (Å²) in [6.07, 6.45) is 6.93. The van der Waals surface area contributed by atoms with E-state index in [4.69, 9.17) is 15.0 Å². The monoisotopic (exact) mass is 626 g/mol. The van der Waals surface area contributed by atoms with Crippen LogP contribution in [0.25, 0.3) is 50.7 Å². The van der Waals surface area contributed by atoms with E-state index in [0.717, 1.165) is 64.2 Å². The highest BCUT2D eigenvalue weighted by Crippen LogP contribution is 2.42. The summed E-state index contributed by atoms with van der Waals surface area (Å²) in [5.41, 5.74) is 12.4. The van der Waals surface area contributed by atoms with Gasteiger partial charge in [0.25, 0.3) is 0 Å². The van der Waals surface area contributed by atoms with Crippen LogP contribution in [-0.2, 0) is 6.42 Å². The fraction of sp³-hybridized carbons (Fsp3) is 0.119. The Morgan fingerprint density at radius 1 is 0.625 bits per heavy atom. The summed E-state index contributed by atoms with van der Waals surface area (Å²) >= 11 is 0. The molecule has 3 aromatic carbocycles. The third-order valence-electron chi connectivity index (χ3n) is 9.04. The Morgan fingerprint density at radius 2 is 1.25 bits per heavy atom. The van der Waals surface area contributed by atoms with Crippen LogP contribution in [0, 0.1) is 6.92 Å². The normalized spacial score (nSPS) is 13.2. The van der Waals surface area contributed by atoms with E-state index in [0.29, 0.717) is 45.2 Å². The van der Waals surface area contributed by atoms with Gasteiger partial charge in [-0.05, 0) is 109 Å². The summed E-state index contributed by atoms with van der Waals surface area (Å²) in [5, 5.41) is 23.6. The van der Waals surface area contributed by atoms with Gasteiger partial charge in [0, 0.05) is 39.2 Å². The molecule has 48 heavy (non-hydrogen) atoms. The average Bonchev–Trinajstić information content (AvgIpc) is 3.80. The highest BCUT2D eigenvalue weighted by molar-refractivity contribution is 6.14. The van der Waals surface area contributed by atoms with Crippen LogP contribution in [0.15, 0.2) is 126 Å². The van der Waals surface area contributed by atoms with E-state index in [-0.39, 0.29) is 11.5 Å². The number of allylic oxidation sites excluding steroid dienone is 2. The van der Waals surface area contributed by atoms with Crippen LogP contribution in [0.1, 0.15) is 47.7 Å². The van der Waals surface area contributed by atoms with E-state index in [9.17, 15) is 10.2 Å². The quantitative estimate of drug-likeness (QED) is 0.182. The topological polar surface area (TPSA) is 94.4 Å². The molecule has 0 unspecified atom stereocenters. The molecular formula is C42H34N4O2. The summed E-state index contributed by atoms with van der Waals surface area (Å²) in [5.74, 6) is 0.290. The number of nitrogens with one attached hydrogen (secondary N) is 1. The first kappa shape index (κ1) is 29.4. The minimum absolute atomic E-state index is 0.124. The lowest BCUT2D eigenvalue weighted by atomic mass is 9.96. The number of nitrogens with zero attached hydrogens (tertiary/aromatic N) is 3. The lowest BCUT2D eigenvalue weighted by Crippen LogP contribution is -1.99. The Labute approximate surface area is 279 Å². The van der Waals surface area contributed by atoms with Crippen molar-refractivity contribution >= 4 is 11.3 Å². The van der Waals surface area contributed by atoms with Crippen LogP contribution >= 0.6 is 0 Å². The molecule has 2 aliphatic rings. The molecule has 6 nitrogen and oxygen atoms in total. The van der Waals surface area contributed by atoms with Gasteiger partial charge in [0.1, 0.15) is 11.5 Å². The second-order valence-electron chi connectivity index (χ2n) is 12.4. The maximum atomic E-state index is 11.9. The van der Waals surface area contributed by atoms with Crippen LogP contribution in [0.2, 0.25) is 0 Å². The maximum Gasteiger partial charge on any atom is 0.134 e. The minimum atomic E-state index is 0.124. The number of fused-ring (bicyclic) bond motifs is 16. The molecule has 0 saturated heterocycles. The van der Waals surface area contributed by atoms with E-state index in [1.165, 1.54) is 0 Å². The van der Waals surface area contributed by atoms with Gasteiger partial charge in [0.05, 0.1) is 34.2 Å². The predicted molar refractivity (Wildman–Crippen MR) is 193 cm³/mol. The van der Waals surface area contributed by atoms with E-state index >= 15 is 0 Å². The highest BCUT2D eigenvalue weighted by atomic mass is 16.3. The number of aliphatic imine (C=N–C) groups is 1. The molecule has 0 amide bonds. The number of aromatic hydroxyl groups is 2. The third-order valence-corrected chi connectivity index (χ3v) is 9.04. The van der Waals surface area contributed by atoms with Gasteiger partial charge >= 0.3 is 0 Å². The van der Waals surface area contributed by atoms with Crippen LogP contribution in [0.5, 0.6) is 11.5 Å². The largest absolute Gasteiger partial charge is 0.507 e. The second-order valence-corrected chi connectivity index (χ2v) is 12.4. The van der Waals surface area contributed by atoms with Crippen LogP contribution < -0.4 is 0 Å². The molecule has 8 rings (SSSR count). The van der Waals surface area contributed by atoms with Gasteiger partial charge in [0.2, 0.25) is 0 Å². The standard InChI is InChI=1S/C42H34N4O2/c1-3-4-10-26-23-30-33-14-9-16-37(44-33)36-15-8-13-32(43-36)28-21-25(2)22-29(41(28)47)34-17-19-38(45-34)40(27-11-6-5-7-12-27)39-20-18-35(46-39)31(24-26)42(30)48/h5-9,11-24,46-48H,3-4,10H2,1-2H3. The summed E-state index contributed by atoms with van der Waals surface area (Å²) in [4.78, 5) is 18.7. The number of hydrogen-bond donors (Lipinski definition) is 3. The SMILES string of the molecule is CCCCc1cc2c(O)c(c1)-c1ccc([nH]1)C(c1ccccc1)=C1C=CC(=N1)c1cc(C)cc(c1O)-c1cccc(n1)-c1cccc-2n1. The van der Waals surface area contributed by atoms with Gasteiger partial charge < -0.3 is 15.2 Å². The van der Waals surface area contributed by atoms with Crippen molar-refractivity contribution in [2.75, 3.05) is 0 Å². The van der Waals surface area contributed by atoms with Crippen LogP contribution in [0.3, 0.4) is 0 Å². The number of unbranched alkanes of at least 4 members (excludes halogenated alkanes) is 1. The molecule has 3 aromatic heterocycles. The van der Waals surface area contributed by atoms with E-state index < -0.39 is 0 Å². The number of rotatable bonds is 4. The fourth-order valence-electron chi connectivity index (χ4n) is 6.64. The van der Waals surface area contributed by atoms with Gasteiger partial charge in [-0.25, -0.2) is 15.0 Å². The van der Waals surface area contributed by atoms with Crippen LogP contribution in [-0.4, -0.2) is 30.9 Å². The van der Waals surface area contributed by atoms with Gasteiger partial charge in [-0.15, -0.1) is 0 Å². The zero-order valence-corrected chi connectivity index (χ0v) is 26.8. The Balaban J connectivity index is 1.44. The van der Waals surface area contributed by atoms with Gasteiger partial charge in [0.15, 0.2) is 0 Å². The molecule has 0 spiro atoms. The van der Waals surface area contributed by atoms with Crippen molar-refractivity contribution < 1.29 is 10.2 Å². The zero-order valence-electron chi connectivity index (χ0n) is 26.8. The number of benzene rings is 3. The number of H-pyrrole nitrogens is 1. The first-order chi connectivity index (χ1) is 23.5. The lowest BCUT2D eigenvalue weighted by Gasteiger charge is -2.14. The van der Waals surface area contributed by atoms with Crippen molar-refractivity contribution in [3.05, 3.63) is 149 Å². The Kier molecular flexibility index (Phi) is 7.33. The van der Waals surface area contributed by atoms with Crippen molar-refractivity contribution in [1.29, 1.82) is 0 Å². The fourth-order valence-corrected chi connectivity index (χ4v) is 6.64. The molecule has 234 valence electrons. The first-order valence-corrected chi connectivity index (χ1v) is 16.4. The maximum absolute atomic E-state index is 11.9. The molecule has 0 aliphatic carbocycles. The third kappa shape index (κ3) is 5.21. The number of aryl methyl sites for hydroxylation is 2. The number of phenolic OH excluding ortho intramolecular Hbond substituents is 2. The molecule has 2 aliphatic heterocycles. The van der Waals surface area contributed by atoms with E-state index in [1.54, 1.807) is 0 Å². The lowest BCUT2D eigenvalue weighted by molar-refractivity contribution is 0.476. The Hall–Kier alpha value is -6.01.